The van der Waals surface area contributed by atoms with Crippen molar-refractivity contribution < 1.29 is 4.79 Å². The average Bonchev–Trinajstić information content (AvgIpc) is 2.41. The lowest BCUT2D eigenvalue weighted by Gasteiger charge is -2.31. The van der Waals surface area contributed by atoms with Gasteiger partial charge in [0.25, 0.3) is 5.91 Å². The second kappa shape index (κ2) is 6.02. The molecule has 0 radical (unpaired) electrons. The summed E-state index contributed by atoms with van der Waals surface area (Å²) in [6.07, 6.45) is 4.96. The summed E-state index contributed by atoms with van der Waals surface area (Å²) in [6.45, 7) is 3.84. The molecule has 1 amide bonds. The summed E-state index contributed by atoms with van der Waals surface area (Å²) in [5.74, 6) is 0.744. The molecule has 1 aliphatic heterocycles. The molecule has 0 N–H and O–H groups in total. The molecule has 0 aliphatic carbocycles. The molecule has 1 fully saturated rings. The maximum atomic E-state index is 12.3. The van der Waals surface area contributed by atoms with Gasteiger partial charge in [-0.25, -0.2) is 4.98 Å². The van der Waals surface area contributed by atoms with Gasteiger partial charge in [-0.3, -0.25) is 4.79 Å². The topological polar surface area (TPSA) is 33.2 Å². The molecule has 5 heteroatoms. The van der Waals surface area contributed by atoms with E-state index in [2.05, 4.69) is 27.8 Å². The highest BCUT2D eigenvalue weighted by Crippen LogP contribution is 2.24. The number of rotatable bonds is 2. The van der Waals surface area contributed by atoms with Crippen molar-refractivity contribution in [2.75, 3.05) is 13.1 Å². The number of carbonyl (C=O) groups excluding carboxylic acids is 1. The molecular weight excluding hydrogens is 316 g/mol. The van der Waals surface area contributed by atoms with Crippen molar-refractivity contribution in [1.82, 2.24) is 9.88 Å². The van der Waals surface area contributed by atoms with Crippen LogP contribution < -0.4 is 0 Å². The van der Waals surface area contributed by atoms with Crippen LogP contribution in [0.5, 0.6) is 0 Å². The lowest BCUT2D eigenvalue weighted by Crippen LogP contribution is -2.38. The van der Waals surface area contributed by atoms with E-state index in [0.717, 1.165) is 36.3 Å². The van der Waals surface area contributed by atoms with E-state index in [1.54, 1.807) is 12.3 Å². The first-order valence-corrected chi connectivity index (χ1v) is 7.39. The van der Waals surface area contributed by atoms with E-state index in [-0.39, 0.29) is 11.1 Å². The first-order chi connectivity index (χ1) is 8.61. The van der Waals surface area contributed by atoms with E-state index in [0.29, 0.717) is 5.56 Å². The first kappa shape index (κ1) is 13.8. The summed E-state index contributed by atoms with van der Waals surface area (Å²) in [6, 6.07) is 1.74. The molecule has 0 spiro atoms. The van der Waals surface area contributed by atoms with Gasteiger partial charge in [0.2, 0.25) is 0 Å². The molecule has 0 atom stereocenters. The van der Waals surface area contributed by atoms with E-state index in [9.17, 15) is 4.79 Å². The lowest BCUT2D eigenvalue weighted by molar-refractivity contribution is 0.0688. The minimum atomic E-state index is -0.0108. The van der Waals surface area contributed by atoms with Crippen molar-refractivity contribution in [2.24, 2.45) is 5.92 Å². The van der Waals surface area contributed by atoms with Crippen LogP contribution in [0.25, 0.3) is 0 Å². The van der Waals surface area contributed by atoms with Crippen LogP contribution in [0, 0.1) is 5.92 Å². The second-order valence-electron chi connectivity index (χ2n) is 4.64. The maximum Gasteiger partial charge on any atom is 0.257 e. The highest BCUT2D eigenvalue weighted by molar-refractivity contribution is 9.10. The van der Waals surface area contributed by atoms with Gasteiger partial charge in [-0.05, 0) is 40.8 Å². The number of halogens is 2. The molecule has 1 saturated heterocycles. The molecule has 2 heterocycles. The minimum absolute atomic E-state index is 0.0108. The Hall–Kier alpha value is -0.610. The van der Waals surface area contributed by atoms with Gasteiger partial charge in [-0.15, -0.1) is 0 Å². The van der Waals surface area contributed by atoms with Gasteiger partial charge >= 0.3 is 0 Å². The lowest BCUT2D eigenvalue weighted by atomic mass is 9.94. The second-order valence-corrected chi connectivity index (χ2v) is 5.91. The third kappa shape index (κ3) is 3.04. The van der Waals surface area contributed by atoms with E-state index in [4.69, 9.17) is 11.6 Å². The Morgan fingerprint density at radius 3 is 2.83 bits per heavy atom. The average molecular weight is 332 g/mol. The number of nitrogens with zero attached hydrogens (tertiary/aromatic N) is 2. The van der Waals surface area contributed by atoms with Crippen molar-refractivity contribution in [3.63, 3.8) is 0 Å². The molecule has 18 heavy (non-hydrogen) atoms. The van der Waals surface area contributed by atoms with Crippen LogP contribution in [0.2, 0.25) is 5.15 Å². The van der Waals surface area contributed by atoms with Crippen molar-refractivity contribution in [3.05, 3.63) is 27.5 Å². The van der Waals surface area contributed by atoms with Gasteiger partial charge in [0.05, 0.1) is 5.56 Å². The van der Waals surface area contributed by atoms with Gasteiger partial charge < -0.3 is 4.90 Å². The molecule has 2 rings (SSSR count). The van der Waals surface area contributed by atoms with Gasteiger partial charge in [-0.2, -0.15) is 0 Å². The van der Waals surface area contributed by atoms with Crippen LogP contribution in [0.15, 0.2) is 16.7 Å². The summed E-state index contributed by atoms with van der Waals surface area (Å²) in [4.78, 5) is 18.2. The predicted molar refractivity (Wildman–Crippen MR) is 75.9 cm³/mol. The number of pyridine rings is 1. The van der Waals surface area contributed by atoms with E-state index >= 15 is 0 Å². The van der Waals surface area contributed by atoms with Gasteiger partial charge in [0.15, 0.2) is 0 Å². The molecule has 1 aromatic heterocycles. The largest absolute Gasteiger partial charge is 0.339 e. The molecule has 1 aliphatic rings. The first-order valence-electron chi connectivity index (χ1n) is 6.22. The summed E-state index contributed by atoms with van der Waals surface area (Å²) in [7, 11) is 0. The molecule has 3 nitrogen and oxygen atoms in total. The van der Waals surface area contributed by atoms with Crippen molar-refractivity contribution >= 4 is 33.4 Å². The normalized spacial score (nSPS) is 16.9. The number of hydrogen-bond acceptors (Lipinski definition) is 2. The number of amides is 1. The van der Waals surface area contributed by atoms with Gasteiger partial charge in [-0.1, -0.05) is 24.9 Å². The molecule has 1 aromatic rings. The Kier molecular flexibility index (Phi) is 4.62. The van der Waals surface area contributed by atoms with Crippen molar-refractivity contribution in [1.29, 1.82) is 0 Å². The third-order valence-electron chi connectivity index (χ3n) is 3.52. The van der Waals surface area contributed by atoms with E-state index < -0.39 is 0 Å². The fourth-order valence-electron chi connectivity index (χ4n) is 2.29. The highest BCUT2D eigenvalue weighted by Gasteiger charge is 2.24. The van der Waals surface area contributed by atoms with Crippen LogP contribution in [0.4, 0.5) is 0 Å². The predicted octanol–water partition coefficient (Wildman–Crippen LogP) is 3.76. The SMILES string of the molecule is CCC1CCN(C(=O)c2cc(Br)cnc2Cl)CC1. The number of piperidine rings is 1. The number of carbonyl (C=O) groups is 1. The van der Waals surface area contributed by atoms with E-state index in [1.165, 1.54) is 6.42 Å². The standard InChI is InChI=1S/C13H16BrClN2O/c1-2-9-3-5-17(6-4-9)13(18)11-7-10(14)8-16-12(11)15/h7-9H,2-6H2,1H3. The Labute approximate surface area is 121 Å². The number of aromatic nitrogens is 1. The van der Waals surface area contributed by atoms with Crippen molar-refractivity contribution in [2.45, 2.75) is 26.2 Å². The molecule has 0 bridgehead atoms. The summed E-state index contributed by atoms with van der Waals surface area (Å²) in [5.41, 5.74) is 0.487. The quantitative estimate of drug-likeness (QED) is 0.773. The monoisotopic (exact) mass is 330 g/mol. The van der Waals surface area contributed by atoms with Gasteiger partial charge in [0.1, 0.15) is 5.15 Å². The molecule has 0 saturated carbocycles. The Morgan fingerprint density at radius 1 is 1.56 bits per heavy atom. The molecule has 0 unspecified atom stereocenters. The molecular formula is C13H16BrClN2O. The number of hydrogen-bond donors (Lipinski definition) is 0. The third-order valence-corrected chi connectivity index (χ3v) is 4.25. The van der Waals surface area contributed by atoms with E-state index in [1.807, 2.05) is 4.90 Å². The fraction of sp³-hybridized carbons (Fsp3) is 0.538. The number of likely N-dealkylation sites (tertiary alicyclic amines) is 1. The van der Waals surface area contributed by atoms with Crippen LogP contribution >= 0.6 is 27.5 Å². The minimum Gasteiger partial charge on any atom is -0.339 e. The Morgan fingerprint density at radius 2 is 2.22 bits per heavy atom. The summed E-state index contributed by atoms with van der Waals surface area (Å²) < 4.78 is 0.777. The van der Waals surface area contributed by atoms with Gasteiger partial charge in [0, 0.05) is 23.8 Å². The fourth-order valence-corrected chi connectivity index (χ4v) is 2.80. The van der Waals surface area contributed by atoms with Crippen LogP contribution in [0.3, 0.4) is 0 Å². The Bertz CT molecular complexity index is 445. The van der Waals surface area contributed by atoms with Crippen LogP contribution in [0.1, 0.15) is 36.5 Å². The maximum absolute atomic E-state index is 12.3. The Balaban J connectivity index is 2.10. The summed E-state index contributed by atoms with van der Waals surface area (Å²) >= 11 is 9.30. The molecule has 98 valence electrons. The van der Waals surface area contributed by atoms with Crippen molar-refractivity contribution in [3.8, 4) is 0 Å². The van der Waals surface area contributed by atoms with Crippen LogP contribution in [-0.4, -0.2) is 28.9 Å². The summed E-state index contributed by atoms with van der Waals surface area (Å²) in [5, 5.41) is 0.279. The highest BCUT2D eigenvalue weighted by atomic mass is 79.9. The molecule has 0 aromatic carbocycles. The van der Waals surface area contributed by atoms with Crippen LogP contribution in [-0.2, 0) is 0 Å². The zero-order valence-corrected chi connectivity index (χ0v) is 12.7. The smallest absolute Gasteiger partial charge is 0.257 e. The zero-order valence-electron chi connectivity index (χ0n) is 10.3. The zero-order chi connectivity index (χ0) is 13.1.